The average molecular weight is 272 g/mol. The molecule has 20 heavy (non-hydrogen) atoms. The first-order chi connectivity index (χ1) is 9.43. The Balaban J connectivity index is 2.08. The van der Waals surface area contributed by atoms with Crippen molar-refractivity contribution in [2.24, 2.45) is 5.41 Å². The van der Waals surface area contributed by atoms with E-state index in [1.807, 2.05) is 39.0 Å². The predicted octanol–water partition coefficient (Wildman–Crippen LogP) is 3.99. The molecule has 1 aromatic heterocycles. The number of nitrogens with zero attached hydrogens (tertiary/aromatic N) is 2. The molecular weight excluding hydrogens is 248 g/mol. The number of imidazole rings is 1. The highest BCUT2D eigenvalue weighted by atomic mass is 16.1. The molecule has 0 saturated heterocycles. The molecule has 0 radical (unpaired) electrons. The van der Waals surface area contributed by atoms with Crippen LogP contribution in [0.25, 0.3) is 11.0 Å². The van der Waals surface area contributed by atoms with Crippen molar-refractivity contribution in [3.8, 4) is 0 Å². The first kappa shape index (κ1) is 14.8. The Kier molecular flexibility index (Phi) is 4.26. The minimum Gasteiger partial charge on any atom is -0.328 e. The van der Waals surface area contributed by atoms with Gasteiger partial charge in [0.25, 0.3) is 0 Å². The van der Waals surface area contributed by atoms with Crippen LogP contribution in [0.5, 0.6) is 0 Å². The molecule has 0 saturated carbocycles. The topological polar surface area (TPSA) is 34.9 Å². The van der Waals surface area contributed by atoms with Crippen molar-refractivity contribution in [1.82, 2.24) is 9.55 Å². The van der Waals surface area contributed by atoms with Gasteiger partial charge < -0.3 is 4.57 Å². The lowest BCUT2D eigenvalue weighted by atomic mass is 9.88. The van der Waals surface area contributed by atoms with Gasteiger partial charge in [0.1, 0.15) is 11.6 Å². The number of ketones is 1. The lowest BCUT2D eigenvalue weighted by Gasteiger charge is -2.16. The third-order valence-electron chi connectivity index (χ3n) is 3.69. The van der Waals surface area contributed by atoms with Gasteiger partial charge in [0.2, 0.25) is 0 Å². The maximum Gasteiger partial charge on any atom is 0.138 e. The van der Waals surface area contributed by atoms with Crippen LogP contribution in [0.4, 0.5) is 0 Å². The Morgan fingerprint density at radius 1 is 1.25 bits per heavy atom. The van der Waals surface area contributed by atoms with E-state index in [2.05, 4.69) is 17.6 Å². The lowest BCUT2D eigenvalue weighted by molar-refractivity contribution is -0.126. The van der Waals surface area contributed by atoms with Gasteiger partial charge in [-0.15, -0.1) is 0 Å². The van der Waals surface area contributed by atoms with Crippen LogP contribution in [0.1, 0.15) is 46.4 Å². The lowest BCUT2D eigenvalue weighted by Crippen LogP contribution is -2.20. The van der Waals surface area contributed by atoms with Crippen molar-refractivity contribution < 1.29 is 4.79 Å². The molecule has 0 aliphatic heterocycles. The van der Waals surface area contributed by atoms with Gasteiger partial charge in [0, 0.05) is 24.8 Å². The van der Waals surface area contributed by atoms with Crippen LogP contribution in [0.2, 0.25) is 0 Å². The van der Waals surface area contributed by atoms with Crippen LogP contribution < -0.4 is 0 Å². The number of benzene rings is 1. The number of aryl methyl sites for hydroxylation is 2. The normalized spacial score (nSPS) is 12.0. The van der Waals surface area contributed by atoms with E-state index in [0.717, 1.165) is 30.7 Å². The van der Waals surface area contributed by atoms with Gasteiger partial charge in [-0.3, -0.25) is 4.79 Å². The third kappa shape index (κ3) is 3.09. The summed E-state index contributed by atoms with van der Waals surface area (Å²) in [6.45, 7) is 9.00. The van der Waals surface area contributed by atoms with E-state index < -0.39 is 0 Å². The van der Waals surface area contributed by atoms with Crippen molar-refractivity contribution in [2.75, 3.05) is 0 Å². The summed E-state index contributed by atoms with van der Waals surface area (Å²) in [4.78, 5) is 16.6. The molecule has 0 aliphatic rings. The van der Waals surface area contributed by atoms with Crippen LogP contribution in [0.3, 0.4) is 0 Å². The van der Waals surface area contributed by atoms with E-state index in [4.69, 9.17) is 4.98 Å². The zero-order valence-corrected chi connectivity index (χ0v) is 12.9. The summed E-state index contributed by atoms with van der Waals surface area (Å²) in [6, 6.07) is 8.21. The molecular formula is C17H24N2O. The molecule has 3 nitrogen and oxygen atoms in total. The van der Waals surface area contributed by atoms with Crippen LogP contribution in [0, 0.1) is 5.41 Å². The number of carbonyl (C=O) groups excluding carboxylic acids is 1. The molecule has 108 valence electrons. The number of rotatable bonds is 5. The molecule has 2 aromatic rings. The van der Waals surface area contributed by atoms with Crippen LogP contribution >= 0.6 is 0 Å². The highest BCUT2D eigenvalue weighted by Crippen LogP contribution is 2.20. The second-order valence-electron chi connectivity index (χ2n) is 6.29. The number of hydrogen-bond acceptors (Lipinski definition) is 2. The summed E-state index contributed by atoms with van der Waals surface area (Å²) in [5.74, 6) is 1.42. The molecule has 0 bridgehead atoms. The fourth-order valence-corrected chi connectivity index (χ4v) is 2.45. The molecule has 0 spiro atoms. The van der Waals surface area contributed by atoms with Gasteiger partial charge in [0.15, 0.2) is 0 Å². The Morgan fingerprint density at radius 3 is 2.60 bits per heavy atom. The highest BCUT2D eigenvalue weighted by Gasteiger charge is 2.20. The largest absolute Gasteiger partial charge is 0.328 e. The fourth-order valence-electron chi connectivity index (χ4n) is 2.45. The standard InChI is InChI=1S/C17H24N2O/c1-5-19-14-10-7-6-9-13(14)18-16(19)12-8-11-15(20)17(2,3)4/h6-7,9-10H,5,8,11-12H2,1-4H3. The Labute approximate surface area is 121 Å². The summed E-state index contributed by atoms with van der Waals surface area (Å²) >= 11 is 0. The van der Waals surface area contributed by atoms with Gasteiger partial charge in [0.05, 0.1) is 11.0 Å². The van der Waals surface area contributed by atoms with Crippen molar-refractivity contribution in [3.63, 3.8) is 0 Å². The number of carbonyl (C=O) groups is 1. The maximum atomic E-state index is 12.0. The molecule has 0 unspecified atom stereocenters. The highest BCUT2D eigenvalue weighted by molar-refractivity contribution is 5.83. The predicted molar refractivity (Wildman–Crippen MR) is 82.8 cm³/mol. The van der Waals surface area contributed by atoms with Gasteiger partial charge in [-0.1, -0.05) is 32.9 Å². The van der Waals surface area contributed by atoms with Gasteiger partial charge in [-0.25, -0.2) is 4.98 Å². The molecule has 0 fully saturated rings. The molecule has 0 amide bonds. The van der Waals surface area contributed by atoms with Gasteiger partial charge in [-0.2, -0.15) is 0 Å². The molecule has 1 heterocycles. The SMILES string of the molecule is CCn1c(CCCC(=O)C(C)(C)C)nc2ccccc21. The van der Waals surface area contributed by atoms with E-state index >= 15 is 0 Å². The quantitative estimate of drug-likeness (QED) is 0.824. The molecule has 1 aromatic carbocycles. The van der Waals surface area contributed by atoms with Crippen molar-refractivity contribution in [2.45, 2.75) is 53.5 Å². The average Bonchev–Trinajstić information content (AvgIpc) is 2.74. The Hall–Kier alpha value is -1.64. The summed E-state index contributed by atoms with van der Waals surface area (Å²) < 4.78 is 2.25. The molecule has 0 N–H and O–H groups in total. The minimum atomic E-state index is -0.231. The van der Waals surface area contributed by atoms with E-state index in [1.165, 1.54) is 5.52 Å². The van der Waals surface area contributed by atoms with Crippen molar-refractivity contribution in [3.05, 3.63) is 30.1 Å². The number of hydrogen-bond donors (Lipinski definition) is 0. The second kappa shape index (κ2) is 5.78. The zero-order valence-electron chi connectivity index (χ0n) is 12.9. The number of aromatic nitrogens is 2. The van der Waals surface area contributed by atoms with Crippen molar-refractivity contribution in [1.29, 1.82) is 0 Å². The Bertz CT molecular complexity index is 605. The number of para-hydroxylation sites is 2. The minimum absolute atomic E-state index is 0.231. The number of fused-ring (bicyclic) bond motifs is 1. The summed E-state index contributed by atoms with van der Waals surface area (Å²) in [7, 11) is 0. The summed E-state index contributed by atoms with van der Waals surface area (Å²) in [5, 5.41) is 0. The Morgan fingerprint density at radius 2 is 1.95 bits per heavy atom. The van der Waals surface area contributed by atoms with Gasteiger partial charge >= 0.3 is 0 Å². The molecule has 0 atom stereocenters. The maximum absolute atomic E-state index is 12.0. The fraction of sp³-hybridized carbons (Fsp3) is 0.529. The smallest absolute Gasteiger partial charge is 0.138 e. The van der Waals surface area contributed by atoms with E-state index in [1.54, 1.807) is 0 Å². The van der Waals surface area contributed by atoms with Crippen LogP contribution in [-0.4, -0.2) is 15.3 Å². The summed E-state index contributed by atoms with van der Waals surface area (Å²) in [6.07, 6.45) is 2.38. The van der Waals surface area contributed by atoms with Crippen LogP contribution in [0.15, 0.2) is 24.3 Å². The zero-order chi connectivity index (χ0) is 14.8. The van der Waals surface area contributed by atoms with E-state index in [-0.39, 0.29) is 5.41 Å². The van der Waals surface area contributed by atoms with Gasteiger partial charge in [-0.05, 0) is 25.5 Å². The first-order valence-corrected chi connectivity index (χ1v) is 7.41. The molecule has 3 heteroatoms. The van der Waals surface area contributed by atoms with E-state index in [0.29, 0.717) is 12.2 Å². The van der Waals surface area contributed by atoms with Crippen molar-refractivity contribution >= 4 is 16.8 Å². The molecule has 2 rings (SSSR count). The summed E-state index contributed by atoms with van der Waals surface area (Å²) in [5.41, 5.74) is 2.00. The van der Waals surface area contributed by atoms with E-state index in [9.17, 15) is 4.79 Å². The number of Topliss-reactive ketones (excluding diaryl/α,β-unsaturated/α-hetero) is 1. The second-order valence-corrected chi connectivity index (χ2v) is 6.29. The first-order valence-electron chi connectivity index (χ1n) is 7.41. The molecule has 0 aliphatic carbocycles. The monoisotopic (exact) mass is 272 g/mol. The van der Waals surface area contributed by atoms with Crippen LogP contribution in [-0.2, 0) is 17.8 Å². The third-order valence-corrected chi connectivity index (χ3v) is 3.69.